The molecule has 0 rings (SSSR count). The van der Waals surface area contributed by atoms with Crippen LogP contribution in [0.25, 0.3) is 0 Å². The number of hydrogen-bond donors (Lipinski definition) is 1. The minimum atomic E-state index is 0. The van der Waals surface area contributed by atoms with Crippen LogP contribution in [0.4, 0.5) is 0 Å². The second-order valence-corrected chi connectivity index (χ2v) is 3.91. The number of unbranched alkanes of at least 4 members (excludes halogenated alkanes) is 2. The van der Waals surface area contributed by atoms with E-state index in [1.165, 1.54) is 6.92 Å². The van der Waals surface area contributed by atoms with Gasteiger partial charge in [0, 0.05) is 27.2 Å². The van der Waals surface area contributed by atoms with Crippen molar-refractivity contribution in [1.29, 1.82) is 0 Å². The van der Waals surface area contributed by atoms with Gasteiger partial charge in [-0.15, -0.1) is 0 Å². The number of rotatable bonds is 7. The summed E-state index contributed by atoms with van der Waals surface area (Å²) in [7, 11) is 0. The van der Waals surface area contributed by atoms with Gasteiger partial charge in [-0.25, -0.2) is 0 Å². The summed E-state index contributed by atoms with van der Waals surface area (Å²) in [4.78, 5) is 21.7. The van der Waals surface area contributed by atoms with E-state index in [0.717, 1.165) is 25.8 Å². The van der Waals surface area contributed by atoms with Crippen molar-refractivity contribution in [3.05, 3.63) is 0 Å². The van der Waals surface area contributed by atoms with Crippen LogP contribution in [-0.2, 0) is 9.59 Å². The lowest BCUT2D eigenvalue weighted by Gasteiger charge is -2.04. The predicted octanol–water partition coefficient (Wildman–Crippen LogP) is 2.27. The summed E-state index contributed by atoms with van der Waals surface area (Å²) in [5.74, 6) is 0.512. The first-order chi connectivity index (χ1) is 6.54. The van der Waals surface area contributed by atoms with E-state index < -0.39 is 0 Å². The van der Waals surface area contributed by atoms with E-state index in [4.69, 9.17) is 0 Å². The molecule has 0 spiro atoms. The summed E-state index contributed by atoms with van der Waals surface area (Å²) in [6.07, 6.45) is 3.60. The average Bonchev–Trinajstić information content (AvgIpc) is 2.09. The molecular weight excluding hydrogens is 210 g/mol. The molecule has 1 N–H and O–H groups in total. The fourth-order valence-electron chi connectivity index (χ4n) is 1.15. The van der Waals surface area contributed by atoms with Crippen LogP contribution in [0.2, 0.25) is 0 Å². The van der Waals surface area contributed by atoms with Crippen LogP contribution in [0, 0.1) is 5.92 Å². The summed E-state index contributed by atoms with van der Waals surface area (Å²) in [5, 5.41) is 2.73. The highest BCUT2D eigenvalue weighted by Crippen LogP contribution is 2.05. The molecule has 0 aliphatic rings. The van der Waals surface area contributed by atoms with Gasteiger partial charge in [0.1, 0.15) is 5.78 Å². The van der Waals surface area contributed by atoms with Crippen LogP contribution >= 0.6 is 13.5 Å². The number of carbonyl (C=O) groups excluding carboxylic acids is 2. The minimum absolute atomic E-state index is 0. The van der Waals surface area contributed by atoms with Crippen molar-refractivity contribution >= 4 is 25.2 Å². The molecule has 1 amide bonds. The lowest BCUT2D eigenvalue weighted by molar-refractivity contribution is -0.122. The second kappa shape index (κ2) is 10.0. The van der Waals surface area contributed by atoms with Crippen molar-refractivity contribution in [1.82, 2.24) is 5.32 Å². The maximum Gasteiger partial charge on any atom is 0.216 e. The van der Waals surface area contributed by atoms with E-state index in [9.17, 15) is 9.59 Å². The molecule has 92 valence electrons. The smallest absolute Gasteiger partial charge is 0.216 e. The van der Waals surface area contributed by atoms with Gasteiger partial charge >= 0.3 is 0 Å². The molecule has 0 fully saturated rings. The molecule has 0 radical (unpaired) electrons. The molecule has 0 heterocycles. The molecule has 0 atom stereocenters. The Morgan fingerprint density at radius 3 is 2.27 bits per heavy atom. The third-order valence-corrected chi connectivity index (χ3v) is 2.12. The maximum atomic E-state index is 11.2. The van der Waals surface area contributed by atoms with E-state index >= 15 is 0 Å². The fourth-order valence-corrected chi connectivity index (χ4v) is 1.15. The number of ketones is 1. The Hall–Kier alpha value is -0.510. The van der Waals surface area contributed by atoms with Crippen molar-refractivity contribution < 1.29 is 11.0 Å². The van der Waals surface area contributed by atoms with Gasteiger partial charge in [-0.2, -0.15) is 13.5 Å². The first-order valence-corrected chi connectivity index (χ1v) is 5.31. The number of amides is 1. The van der Waals surface area contributed by atoms with Gasteiger partial charge < -0.3 is 5.32 Å². The average molecular weight is 235 g/mol. The second-order valence-electron chi connectivity index (χ2n) is 3.91. The molecule has 0 aromatic heterocycles. The van der Waals surface area contributed by atoms with Gasteiger partial charge in [-0.05, 0) is 12.8 Å². The number of carbonyl (C=O) groups is 2. The topological polar surface area (TPSA) is 46.2 Å². The highest BCUT2D eigenvalue weighted by molar-refractivity contribution is 7.59. The molecular formula is C11H25NO2S. The molecule has 3 nitrogen and oxygen atoms in total. The quantitative estimate of drug-likeness (QED) is 0.688. The van der Waals surface area contributed by atoms with Crippen molar-refractivity contribution in [2.75, 3.05) is 6.54 Å². The third kappa shape index (κ3) is 11.4. The Morgan fingerprint density at radius 2 is 1.80 bits per heavy atom. The largest absolute Gasteiger partial charge is 0.356 e. The van der Waals surface area contributed by atoms with E-state index in [0.29, 0.717) is 12.2 Å². The zero-order valence-corrected chi connectivity index (χ0v) is 10.9. The molecule has 0 aromatic carbocycles. The monoisotopic (exact) mass is 235 g/mol. The number of hydrogen-bond acceptors (Lipinski definition) is 2. The lowest BCUT2D eigenvalue weighted by Crippen LogP contribution is -2.20. The molecule has 0 aliphatic heterocycles. The van der Waals surface area contributed by atoms with Crippen molar-refractivity contribution in [3.8, 4) is 0 Å². The van der Waals surface area contributed by atoms with Gasteiger partial charge in [0.05, 0.1) is 0 Å². The maximum absolute atomic E-state index is 11.2. The first-order valence-electron chi connectivity index (χ1n) is 5.31. The third-order valence-electron chi connectivity index (χ3n) is 2.12. The van der Waals surface area contributed by atoms with Gasteiger partial charge in [0.25, 0.3) is 0 Å². The van der Waals surface area contributed by atoms with E-state index in [2.05, 4.69) is 5.32 Å². The van der Waals surface area contributed by atoms with Crippen molar-refractivity contribution in [2.24, 2.45) is 5.92 Å². The molecule has 0 aromatic rings. The highest BCUT2D eigenvalue weighted by atomic mass is 32.1. The van der Waals surface area contributed by atoms with Crippen molar-refractivity contribution in [3.63, 3.8) is 0 Å². The summed E-state index contributed by atoms with van der Waals surface area (Å²) < 4.78 is 0. The number of Topliss-reactive ketones (excluding diaryl/α,β-unsaturated/α-hetero) is 1. The molecule has 0 bridgehead atoms. The van der Waals surface area contributed by atoms with E-state index in [1.54, 1.807) is 0 Å². The van der Waals surface area contributed by atoms with Crippen LogP contribution in [0.3, 0.4) is 0 Å². The van der Waals surface area contributed by atoms with E-state index in [1.807, 2.05) is 13.8 Å². The summed E-state index contributed by atoms with van der Waals surface area (Å²) in [6, 6.07) is 0. The van der Waals surface area contributed by atoms with Crippen LogP contribution in [0.1, 0.15) is 47.9 Å². The Kier molecular flexibility index (Phi) is 11.3. The van der Waals surface area contributed by atoms with Crippen LogP contribution < -0.4 is 5.32 Å². The Balaban J connectivity index is -0.000000845. The van der Waals surface area contributed by atoms with Crippen LogP contribution in [0.5, 0.6) is 0 Å². The first kappa shape index (κ1) is 16.9. The molecule has 15 heavy (non-hydrogen) atoms. The zero-order chi connectivity index (χ0) is 11.0. The van der Waals surface area contributed by atoms with Gasteiger partial charge in [-0.1, -0.05) is 20.3 Å². The molecule has 0 saturated carbocycles. The van der Waals surface area contributed by atoms with Crippen molar-refractivity contribution in [2.45, 2.75) is 46.5 Å². The lowest BCUT2D eigenvalue weighted by atomic mass is 10.0. The molecule has 0 aliphatic carbocycles. The van der Waals surface area contributed by atoms with Gasteiger partial charge in [0.2, 0.25) is 5.91 Å². The Bertz CT molecular complexity index is 198. The molecule has 4 heteroatoms. The van der Waals surface area contributed by atoms with E-state index in [-0.39, 0.29) is 26.7 Å². The normalized spacial score (nSPS) is 9.60. The highest BCUT2D eigenvalue weighted by Gasteiger charge is 2.05. The number of nitrogens with one attached hydrogen (secondary N) is 1. The fraction of sp³-hybridized carbons (Fsp3) is 0.818. The van der Waals surface area contributed by atoms with Gasteiger partial charge in [0.15, 0.2) is 0 Å². The zero-order valence-electron chi connectivity index (χ0n) is 9.93. The van der Waals surface area contributed by atoms with Crippen LogP contribution in [0.15, 0.2) is 0 Å². The molecule has 0 unspecified atom stereocenters. The summed E-state index contributed by atoms with van der Waals surface area (Å²) >= 11 is 0. The van der Waals surface area contributed by atoms with Crippen LogP contribution in [-0.4, -0.2) is 18.2 Å². The standard InChI is InChI=1S/C11H21NO2.H2S.H2/c1-9(2)11(14)7-5-4-6-8-12-10(3)13;;/h9H,4-8H2,1-3H3,(H,12,13);1H2;1H. The molecule has 0 saturated heterocycles. The summed E-state index contributed by atoms with van der Waals surface area (Å²) in [5.41, 5.74) is 0. The Labute approximate surface area is 101 Å². The summed E-state index contributed by atoms with van der Waals surface area (Å²) in [6.45, 7) is 6.10. The van der Waals surface area contributed by atoms with Gasteiger partial charge in [-0.3, -0.25) is 9.59 Å². The SMILES string of the molecule is CC(=O)NCCCCCC(=O)C(C)C.S.[HH]. The Morgan fingerprint density at radius 1 is 1.20 bits per heavy atom. The minimum Gasteiger partial charge on any atom is -0.356 e. The predicted molar refractivity (Wildman–Crippen MR) is 69.5 cm³/mol.